The summed E-state index contributed by atoms with van der Waals surface area (Å²) in [5.74, 6) is -1.39. The molecule has 4 aromatic rings. The quantitative estimate of drug-likeness (QED) is 0.302. The Balaban J connectivity index is 0.000000220. The number of aromatic nitrogens is 2. The van der Waals surface area contributed by atoms with Crippen molar-refractivity contribution in [2.75, 3.05) is 26.7 Å². The molecular formula is C23H25F2N2OsP2+2. The number of pyridine rings is 1. The zero-order valence-electron chi connectivity index (χ0n) is 17.4. The summed E-state index contributed by atoms with van der Waals surface area (Å²) in [6.45, 7) is 9.48. The third kappa shape index (κ3) is 6.01. The normalized spacial score (nSPS) is 10.7. The van der Waals surface area contributed by atoms with Crippen LogP contribution in [0.25, 0.3) is 22.3 Å². The summed E-state index contributed by atoms with van der Waals surface area (Å²) >= 11 is 0. The second kappa shape index (κ2) is 11.2. The first-order chi connectivity index (χ1) is 13.9. The molecule has 7 heteroatoms. The average Bonchev–Trinajstić information content (AvgIpc) is 3.12. The Kier molecular flexibility index (Phi) is 9.24. The fourth-order valence-corrected chi connectivity index (χ4v) is 6.70. The Labute approximate surface area is 192 Å². The number of benzene rings is 2. The van der Waals surface area contributed by atoms with Crippen LogP contribution < -0.4 is 15.6 Å². The molecular weight excluding hydrogens is 594 g/mol. The third-order valence-electron chi connectivity index (χ3n) is 4.52. The van der Waals surface area contributed by atoms with Crippen molar-refractivity contribution in [1.29, 1.82) is 0 Å². The van der Waals surface area contributed by atoms with Crippen molar-refractivity contribution in [3.05, 3.63) is 78.5 Å². The van der Waals surface area contributed by atoms with Crippen molar-refractivity contribution in [3.8, 4) is 11.4 Å². The number of fused-ring (bicyclic) bond motifs is 1. The van der Waals surface area contributed by atoms with Crippen LogP contribution in [0.2, 0.25) is 0 Å². The molecule has 0 amide bonds. The van der Waals surface area contributed by atoms with Gasteiger partial charge in [0.15, 0.2) is 5.82 Å². The number of rotatable bonds is 3. The second-order valence-electron chi connectivity index (χ2n) is 7.23. The topological polar surface area (TPSA) is 27.0 Å². The molecule has 0 N–H and O–H groups in total. The van der Waals surface area contributed by atoms with Crippen LogP contribution in [0.15, 0.2) is 66.9 Å². The first kappa shape index (κ1) is 24.8. The molecule has 0 spiro atoms. The molecule has 4 rings (SSSR count). The van der Waals surface area contributed by atoms with Crippen LogP contribution in [0.3, 0.4) is 0 Å². The van der Waals surface area contributed by atoms with E-state index in [9.17, 15) is 8.78 Å². The van der Waals surface area contributed by atoms with Crippen LogP contribution in [0.5, 0.6) is 0 Å². The van der Waals surface area contributed by atoms with E-state index in [1.807, 2.05) is 24.3 Å². The molecule has 157 valence electrons. The van der Waals surface area contributed by atoms with Gasteiger partial charge in [0.1, 0.15) is 16.4 Å². The van der Waals surface area contributed by atoms with Gasteiger partial charge in [0.2, 0.25) is 0 Å². The number of hydrogen-bond acceptors (Lipinski definition) is 1. The minimum atomic E-state index is -0.701. The van der Waals surface area contributed by atoms with Crippen LogP contribution in [-0.2, 0) is 19.8 Å². The molecule has 2 nitrogen and oxygen atoms in total. The molecule has 2 aromatic heterocycles. The Hall–Kier alpha value is -1.51. The number of nitrogens with zero attached hydrogens (tertiary/aromatic N) is 2. The van der Waals surface area contributed by atoms with E-state index in [-0.39, 0.29) is 41.3 Å². The van der Waals surface area contributed by atoms with Crippen molar-refractivity contribution >= 4 is 37.4 Å². The SMILES string of the molecule is C[PH+](C)c1ccccc1[PH+](C)C.Fc1cnc(-c2cc3ccccc3[n-]2)c(F)c1.[Os+]. The fourth-order valence-electron chi connectivity index (χ4n) is 3.10. The van der Waals surface area contributed by atoms with E-state index >= 15 is 0 Å². The number of halogens is 2. The molecule has 0 saturated heterocycles. The Morgan fingerprint density at radius 1 is 0.800 bits per heavy atom. The van der Waals surface area contributed by atoms with E-state index in [2.05, 4.69) is 60.9 Å². The van der Waals surface area contributed by atoms with E-state index < -0.39 is 11.6 Å². The molecule has 0 bridgehead atoms. The summed E-state index contributed by atoms with van der Waals surface area (Å²) in [5, 5.41) is 4.19. The van der Waals surface area contributed by atoms with Gasteiger partial charge in [-0.05, 0) is 17.5 Å². The number of para-hydroxylation sites is 1. The van der Waals surface area contributed by atoms with Crippen LogP contribution in [0.4, 0.5) is 8.78 Å². The van der Waals surface area contributed by atoms with Gasteiger partial charge in [0, 0.05) is 21.9 Å². The summed E-state index contributed by atoms with van der Waals surface area (Å²) in [7, 11) is -0.522. The molecule has 0 fully saturated rings. The molecule has 0 saturated carbocycles. The minimum Gasteiger partial charge on any atom is -0.656 e. The predicted molar refractivity (Wildman–Crippen MR) is 126 cm³/mol. The maximum Gasteiger partial charge on any atom is 1.00 e. The van der Waals surface area contributed by atoms with Crippen LogP contribution in [-0.4, -0.2) is 31.6 Å². The summed E-state index contributed by atoms with van der Waals surface area (Å²) in [4.78, 5) is 7.98. The van der Waals surface area contributed by atoms with Crippen molar-refractivity contribution in [2.24, 2.45) is 0 Å². The van der Waals surface area contributed by atoms with Crippen LogP contribution >= 0.6 is 15.8 Å². The van der Waals surface area contributed by atoms with Gasteiger partial charge in [-0.15, -0.1) is 11.2 Å². The average molecular weight is 620 g/mol. The van der Waals surface area contributed by atoms with E-state index in [0.717, 1.165) is 23.2 Å². The Bertz CT molecular complexity index is 1050. The van der Waals surface area contributed by atoms with Crippen molar-refractivity contribution in [2.45, 2.75) is 0 Å². The van der Waals surface area contributed by atoms with Gasteiger partial charge in [-0.3, -0.25) is 4.98 Å². The van der Waals surface area contributed by atoms with E-state index in [1.54, 1.807) is 16.7 Å². The summed E-state index contributed by atoms with van der Waals surface area (Å²) < 4.78 is 26.3. The zero-order valence-corrected chi connectivity index (χ0v) is 21.9. The van der Waals surface area contributed by atoms with Crippen molar-refractivity contribution < 1.29 is 28.6 Å². The van der Waals surface area contributed by atoms with Gasteiger partial charge in [-0.2, -0.15) is 0 Å². The molecule has 0 aliphatic rings. The molecule has 2 heterocycles. The smallest absolute Gasteiger partial charge is 0.656 e. The van der Waals surface area contributed by atoms with E-state index in [4.69, 9.17) is 0 Å². The first-order valence-electron chi connectivity index (χ1n) is 9.41. The largest absolute Gasteiger partial charge is 1.00 e. The molecule has 1 radical (unpaired) electrons. The van der Waals surface area contributed by atoms with E-state index in [0.29, 0.717) is 5.69 Å². The van der Waals surface area contributed by atoms with Gasteiger partial charge in [0.25, 0.3) is 0 Å². The second-order valence-corrected chi connectivity index (χ2v) is 12.3. The van der Waals surface area contributed by atoms with Gasteiger partial charge < -0.3 is 4.98 Å². The molecule has 0 unspecified atom stereocenters. The Morgan fingerprint density at radius 3 is 1.90 bits per heavy atom. The predicted octanol–water partition coefficient (Wildman–Crippen LogP) is 5.02. The van der Waals surface area contributed by atoms with Gasteiger partial charge >= 0.3 is 19.8 Å². The standard InChI is InChI=1S/C13H7F2N2.C10H16P2.Os/c14-9-6-10(15)13(16-7-9)12-5-8-3-1-2-4-11(8)17-12;1-11(2)9-7-5-6-8-10(9)12(3)4;/h1-7H;5-8H,1-4H3;/q-1;;+1/p+2. The first-order valence-corrected chi connectivity index (χ1v) is 14.4. The van der Waals surface area contributed by atoms with E-state index in [1.165, 1.54) is 0 Å². The Morgan fingerprint density at radius 2 is 1.37 bits per heavy atom. The third-order valence-corrected chi connectivity index (χ3v) is 7.80. The van der Waals surface area contributed by atoms with Crippen LogP contribution in [0.1, 0.15) is 0 Å². The monoisotopic (exact) mass is 621 g/mol. The summed E-state index contributed by atoms with van der Waals surface area (Å²) in [5.41, 5.74) is 1.26. The van der Waals surface area contributed by atoms with Crippen molar-refractivity contribution in [1.82, 2.24) is 9.97 Å². The summed E-state index contributed by atoms with van der Waals surface area (Å²) in [6.07, 6.45) is 0.984. The summed E-state index contributed by atoms with van der Waals surface area (Å²) in [6, 6.07) is 18.9. The molecule has 30 heavy (non-hydrogen) atoms. The maximum atomic E-state index is 13.5. The maximum absolute atomic E-state index is 13.5. The molecule has 2 aromatic carbocycles. The van der Waals surface area contributed by atoms with Crippen molar-refractivity contribution in [3.63, 3.8) is 0 Å². The van der Waals surface area contributed by atoms with Gasteiger partial charge in [0.05, 0.1) is 38.6 Å². The molecule has 0 atom stereocenters. The fraction of sp³-hybridized carbons (Fsp3) is 0.174. The molecule has 0 aliphatic carbocycles. The van der Waals surface area contributed by atoms with Gasteiger partial charge in [-0.1, -0.05) is 42.5 Å². The van der Waals surface area contributed by atoms with Crippen LogP contribution in [0, 0.1) is 11.6 Å². The molecule has 0 aliphatic heterocycles. The number of hydrogen-bond donors (Lipinski definition) is 0. The zero-order chi connectivity index (χ0) is 21.0. The van der Waals surface area contributed by atoms with Gasteiger partial charge in [-0.25, -0.2) is 8.78 Å². The minimum absolute atomic E-state index is 0.